The molecular weight excluding hydrogens is 242 g/mol. The van der Waals surface area contributed by atoms with Gasteiger partial charge in [0.1, 0.15) is 10.8 Å². The van der Waals surface area contributed by atoms with Gasteiger partial charge in [-0.25, -0.2) is 0 Å². The van der Waals surface area contributed by atoms with Crippen LogP contribution in [-0.2, 0) is 0 Å². The van der Waals surface area contributed by atoms with E-state index in [-0.39, 0.29) is 0 Å². The summed E-state index contributed by atoms with van der Waals surface area (Å²) in [5, 5.41) is 10.0. The lowest BCUT2D eigenvalue weighted by molar-refractivity contribution is 0.0267. The van der Waals surface area contributed by atoms with Crippen molar-refractivity contribution >= 4 is 17.6 Å². The second kappa shape index (κ2) is 4.12. The monoisotopic (exact) mass is 261 g/mol. The van der Waals surface area contributed by atoms with E-state index in [1.54, 1.807) is 0 Å². The van der Waals surface area contributed by atoms with Crippen LogP contribution in [0.4, 0.5) is 5.82 Å². The van der Waals surface area contributed by atoms with Crippen LogP contribution in [0.15, 0.2) is 17.2 Å². The second-order valence-electron chi connectivity index (χ2n) is 6.31. The number of nitrogens with two attached hydrogens (primary N) is 1. The molecule has 4 aliphatic rings. The minimum atomic E-state index is 0.518. The molecule has 0 unspecified atom stereocenters. The fraction of sp³-hybridized carbons (Fsp3) is 0.714. The zero-order valence-corrected chi connectivity index (χ0v) is 11.3. The number of aromatic nitrogens is 2. The predicted molar refractivity (Wildman–Crippen MR) is 73.1 cm³/mol. The van der Waals surface area contributed by atoms with Crippen molar-refractivity contribution in [3.63, 3.8) is 0 Å². The molecule has 0 amide bonds. The maximum atomic E-state index is 5.59. The smallest absolute Gasteiger partial charge is 0.146 e. The van der Waals surface area contributed by atoms with Crippen molar-refractivity contribution in [3.05, 3.63) is 12.1 Å². The summed E-state index contributed by atoms with van der Waals surface area (Å²) in [7, 11) is 0. The first kappa shape index (κ1) is 11.1. The van der Waals surface area contributed by atoms with Crippen LogP contribution in [0.25, 0.3) is 0 Å². The number of hydrogen-bond acceptors (Lipinski definition) is 4. The second-order valence-corrected chi connectivity index (χ2v) is 7.51. The van der Waals surface area contributed by atoms with E-state index in [0.29, 0.717) is 5.82 Å². The van der Waals surface area contributed by atoms with Crippen LogP contribution in [0.2, 0.25) is 0 Å². The van der Waals surface area contributed by atoms with E-state index in [4.69, 9.17) is 5.73 Å². The third kappa shape index (κ3) is 1.81. The number of thioether (sulfide) groups is 1. The summed E-state index contributed by atoms with van der Waals surface area (Å²) < 4.78 is 0. The van der Waals surface area contributed by atoms with E-state index >= 15 is 0 Å². The molecule has 0 spiro atoms. The highest BCUT2D eigenvalue weighted by Crippen LogP contribution is 2.57. The van der Waals surface area contributed by atoms with E-state index in [1.165, 1.54) is 32.1 Å². The summed E-state index contributed by atoms with van der Waals surface area (Å²) >= 11 is 1.96. The van der Waals surface area contributed by atoms with Gasteiger partial charge in [-0.3, -0.25) is 0 Å². The van der Waals surface area contributed by atoms with Gasteiger partial charge in [0.25, 0.3) is 0 Å². The van der Waals surface area contributed by atoms with Gasteiger partial charge in [0.05, 0.1) is 0 Å². The Balaban J connectivity index is 1.53. The van der Waals surface area contributed by atoms with Gasteiger partial charge < -0.3 is 5.73 Å². The number of anilines is 1. The largest absolute Gasteiger partial charge is 0.382 e. The summed E-state index contributed by atoms with van der Waals surface area (Å²) in [5.41, 5.74) is 5.59. The first-order chi connectivity index (χ1) is 8.78. The fourth-order valence-corrected chi connectivity index (χ4v) is 5.94. The molecule has 0 aliphatic heterocycles. The SMILES string of the molecule is Nc1ccc(SC2C3CC4CC(C3)CC2C4)nn1. The fourth-order valence-electron chi connectivity index (χ4n) is 4.60. The van der Waals surface area contributed by atoms with Gasteiger partial charge in [-0.1, -0.05) is 0 Å². The molecule has 4 heteroatoms. The normalized spacial score (nSPS) is 41.2. The van der Waals surface area contributed by atoms with E-state index in [0.717, 1.165) is 33.9 Å². The highest BCUT2D eigenvalue weighted by Gasteiger charge is 2.48. The Morgan fingerprint density at radius 2 is 1.61 bits per heavy atom. The summed E-state index contributed by atoms with van der Waals surface area (Å²) in [4.78, 5) is 0. The molecule has 18 heavy (non-hydrogen) atoms. The van der Waals surface area contributed by atoms with E-state index in [1.807, 2.05) is 23.9 Å². The number of nitrogens with zero attached hydrogens (tertiary/aromatic N) is 2. The molecule has 1 heterocycles. The van der Waals surface area contributed by atoms with Crippen molar-refractivity contribution in [2.75, 3.05) is 5.73 Å². The van der Waals surface area contributed by atoms with Crippen LogP contribution in [0.1, 0.15) is 32.1 Å². The van der Waals surface area contributed by atoms with Crippen LogP contribution in [0.3, 0.4) is 0 Å². The molecule has 0 saturated heterocycles. The molecule has 4 fully saturated rings. The first-order valence-corrected chi connectivity index (χ1v) is 7.92. The van der Waals surface area contributed by atoms with Gasteiger partial charge in [0, 0.05) is 5.25 Å². The van der Waals surface area contributed by atoms with Crippen LogP contribution < -0.4 is 5.73 Å². The van der Waals surface area contributed by atoms with Crippen molar-refractivity contribution < 1.29 is 0 Å². The maximum Gasteiger partial charge on any atom is 0.146 e. The van der Waals surface area contributed by atoms with Gasteiger partial charge in [0.15, 0.2) is 0 Å². The average molecular weight is 261 g/mol. The summed E-state index contributed by atoms with van der Waals surface area (Å²) in [6.45, 7) is 0. The minimum absolute atomic E-state index is 0.518. The van der Waals surface area contributed by atoms with E-state index in [2.05, 4.69) is 10.2 Å². The molecular formula is C14H19N3S. The highest BCUT2D eigenvalue weighted by molar-refractivity contribution is 7.99. The highest BCUT2D eigenvalue weighted by atomic mass is 32.2. The average Bonchev–Trinajstić information content (AvgIpc) is 2.35. The van der Waals surface area contributed by atoms with Crippen LogP contribution in [0, 0.1) is 23.7 Å². The van der Waals surface area contributed by atoms with Crippen LogP contribution >= 0.6 is 11.8 Å². The Morgan fingerprint density at radius 3 is 2.17 bits per heavy atom. The Morgan fingerprint density at radius 1 is 0.944 bits per heavy atom. The predicted octanol–water partition coefficient (Wildman–Crippen LogP) is 2.98. The molecule has 0 atom stereocenters. The molecule has 2 N–H and O–H groups in total. The topological polar surface area (TPSA) is 51.8 Å². The van der Waals surface area contributed by atoms with Gasteiger partial charge >= 0.3 is 0 Å². The van der Waals surface area contributed by atoms with Gasteiger partial charge in [-0.05, 0) is 67.9 Å². The summed E-state index contributed by atoms with van der Waals surface area (Å²) in [6.07, 6.45) is 7.38. The van der Waals surface area contributed by atoms with Crippen molar-refractivity contribution in [3.8, 4) is 0 Å². The van der Waals surface area contributed by atoms with Crippen LogP contribution in [0.5, 0.6) is 0 Å². The number of hydrogen-bond donors (Lipinski definition) is 1. The lowest BCUT2D eigenvalue weighted by Gasteiger charge is -2.54. The summed E-state index contributed by atoms with van der Waals surface area (Å²) in [5.74, 6) is 4.48. The molecule has 1 aromatic heterocycles. The molecule has 4 saturated carbocycles. The number of rotatable bonds is 2. The Kier molecular flexibility index (Phi) is 2.54. The third-order valence-electron chi connectivity index (χ3n) is 5.06. The first-order valence-electron chi connectivity index (χ1n) is 7.04. The number of nitrogen functional groups attached to an aromatic ring is 1. The molecule has 96 valence electrons. The Labute approximate surface area is 112 Å². The van der Waals surface area contributed by atoms with Gasteiger partial charge in [0.2, 0.25) is 0 Å². The van der Waals surface area contributed by atoms with Crippen molar-refractivity contribution in [1.82, 2.24) is 10.2 Å². The lowest BCUT2D eigenvalue weighted by atomic mass is 9.56. The van der Waals surface area contributed by atoms with Crippen molar-refractivity contribution in [2.45, 2.75) is 42.4 Å². The van der Waals surface area contributed by atoms with Crippen LogP contribution in [-0.4, -0.2) is 15.4 Å². The van der Waals surface area contributed by atoms with Gasteiger partial charge in [-0.2, -0.15) is 0 Å². The Bertz CT molecular complexity index is 417. The van der Waals surface area contributed by atoms with E-state index in [9.17, 15) is 0 Å². The standard InChI is InChI=1S/C14H19N3S/c15-12-1-2-13(17-16-12)18-14-10-4-8-3-9(6-10)7-11(14)5-8/h1-2,8-11,14H,3-7H2,(H2,15,16). The van der Waals surface area contributed by atoms with Crippen molar-refractivity contribution in [2.24, 2.45) is 23.7 Å². The third-order valence-corrected chi connectivity index (χ3v) is 6.56. The van der Waals surface area contributed by atoms with Gasteiger partial charge in [-0.15, -0.1) is 22.0 Å². The maximum absolute atomic E-state index is 5.59. The zero-order chi connectivity index (χ0) is 12.1. The lowest BCUT2D eigenvalue weighted by Crippen LogP contribution is -2.46. The van der Waals surface area contributed by atoms with Crippen molar-refractivity contribution in [1.29, 1.82) is 0 Å². The van der Waals surface area contributed by atoms with E-state index < -0.39 is 0 Å². The molecule has 1 aromatic rings. The summed E-state index contributed by atoms with van der Waals surface area (Å²) in [6, 6.07) is 3.89. The molecule has 0 radical (unpaired) electrons. The minimum Gasteiger partial charge on any atom is -0.382 e. The Hall–Kier alpha value is -0.770. The zero-order valence-electron chi connectivity index (χ0n) is 10.5. The molecule has 4 aliphatic carbocycles. The molecule has 4 bridgehead atoms. The molecule has 3 nitrogen and oxygen atoms in total. The quantitative estimate of drug-likeness (QED) is 0.889. The molecule has 5 rings (SSSR count). The molecule has 0 aromatic carbocycles.